The molecule has 0 aliphatic heterocycles. The molecule has 0 fully saturated rings. The highest BCUT2D eigenvalue weighted by atomic mass is 16.6. The molecule has 1 amide bonds. The van der Waals surface area contributed by atoms with E-state index in [2.05, 4.69) is 29.6 Å². The van der Waals surface area contributed by atoms with Crippen LogP contribution in [0.25, 0.3) is 11.1 Å². The van der Waals surface area contributed by atoms with Gasteiger partial charge in [-0.25, -0.2) is 4.79 Å². The Labute approximate surface area is 219 Å². The number of methoxy groups -OCH3 is 1. The Morgan fingerprint density at radius 1 is 0.649 bits per heavy atom. The lowest BCUT2D eigenvalue weighted by atomic mass is 9.98. The van der Waals surface area contributed by atoms with E-state index in [0.717, 1.165) is 0 Å². The van der Waals surface area contributed by atoms with Crippen molar-refractivity contribution in [1.82, 2.24) is 5.32 Å². The Bertz CT molecular complexity index is 864. The Kier molecular flexibility index (Phi) is 14.0. The summed E-state index contributed by atoms with van der Waals surface area (Å²) in [7, 11) is 1.64. The molecule has 1 aliphatic rings. The highest BCUT2D eigenvalue weighted by Crippen LogP contribution is 2.44. The lowest BCUT2D eigenvalue weighted by molar-refractivity contribution is -0.0144. The minimum absolute atomic E-state index is 0.0499. The number of carbonyl (C=O) groups excluding carboxylic acids is 1. The predicted octanol–water partition coefficient (Wildman–Crippen LogP) is 3.25. The van der Waals surface area contributed by atoms with Crippen LogP contribution in [0.15, 0.2) is 48.5 Å². The molecule has 0 radical (unpaired) electrons. The Balaban J connectivity index is 1.12. The molecule has 37 heavy (non-hydrogen) atoms. The van der Waals surface area contributed by atoms with Gasteiger partial charge in [0, 0.05) is 19.6 Å². The van der Waals surface area contributed by atoms with Crippen molar-refractivity contribution in [3.8, 4) is 11.1 Å². The van der Waals surface area contributed by atoms with E-state index >= 15 is 0 Å². The van der Waals surface area contributed by atoms with Crippen molar-refractivity contribution in [2.75, 3.05) is 92.9 Å². The van der Waals surface area contributed by atoms with Crippen LogP contribution in [0.2, 0.25) is 0 Å². The van der Waals surface area contributed by atoms with Crippen LogP contribution in [0.1, 0.15) is 17.0 Å². The van der Waals surface area contributed by atoms with Gasteiger partial charge < -0.3 is 38.5 Å². The van der Waals surface area contributed by atoms with Gasteiger partial charge in [0.1, 0.15) is 6.61 Å². The highest BCUT2D eigenvalue weighted by molar-refractivity contribution is 5.79. The van der Waals surface area contributed by atoms with Gasteiger partial charge in [0.2, 0.25) is 0 Å². The molecule has 0 spiro atoms. The second-order valence-electron chi connectivity index (χ2n) is 8.31. The van der Waals surface area contributed by atoms with Crippen molar-refractivity contribution >= 4 is 6.09 Å². The summed E-state index contributed by atoms with van der Waals surface area (Å²) in [6.45, 7) is 6.23. The van der Waals surface area contributed by atoms with E-state index in [-0.39, 0.29) is 5.92 Å². The first-order valence-electron chi connectivity index (χ1n) is 12.8. The van der Waals surface area contributed by atoms with Gasteiger partial charge >= 0.3 is 6.09 Å². The number of hydrogen-bond donors (Lipinski definition) is 1. The first kappa shape index (κ1) is 29.0. The molecule has 0 aromatic heterocycles. The molecule has 0 unspecified atom stereocenters. The quantitative estimate of drug-likeness (QED) is 0.268. The second kappa shape index (κ2) is 17.8. The molecule has 204 valence electrons. The SMILES string of the molecule is COCCOCCOCCOCCOCCOCCNC(=O)OCC1c2ccccc2-c2ccccc21. The molecule has 2 aromatic carbocycles. The number of carbonyl (C=O) groups is 1. The maximum atomic E-state index is 12.1. The zero-order valence-electron chi connectivity index (χ0n) is 21.7. The van der Waals surface area contributed by atoms with E-state index in [9.17, 15) is 4.79 Å². The summed E-state index contributed by atoms with van der Waals surface area (Å²) < 4.78 is 37.5. The van der Waals surface area contributed by atoms with Crippen LogP contribution >= 0.6 is 0 Å². The molecule has 0 heterocycles. The molecule has 0 saturated carbocycles. The first-order valence-corrected chi connectivity index (χ1v) is 12.8. The van der Waals surface area contributed by atoms with Crippen LogP contribution in [0.3, 0.4) is 0 Å². The van der Waals surface area contributed by atoms with E-state index in [4.69, 9.17) is 33.2 Å². The van der Waals surface area contributed by atoms with Gasteiger partial charge in [-0.3, -0.25) is 0 Å². The zero-order chi connectivity index (χ0) is 26.0. The molecule has 0 atom stereocenters. The van der Waals surface area contributed by atoms with Crippen molar-refractivity contribution in [3.63, 3.8) is 0 Å². The number of amides is 1. The Hall–Kier alpha value is -2.53. The first-order chi connectivity index (χ1) is 18.3. The summed E-state index contributed by atoms with van der Waals surface area (Å²) in [5, 5.41) is 2.73. The molecule has 2 aromatic rings. The van der Waals surface area contributed by atoms with E-state index < -0.39 is 6.09 Å². The predicted molar refractivity (Wildman–Crippen MR) is 139 cm³/mol. The standard InChI is InChI=1S/C28H39NO8/c1-31-12-13-33-16-17-35-20-21-36-19-18-34-15-14-32-11-10-29-28(30)37-22-27-25-8-4-2-6-23(25)24-7-3-5-9-26(24)27/h2-9,27H,10-22H2,1H3,(H,29,30). The summed E-state index contributed by atoms with van der Waals surface area (Å²) in [6.07, 6.45) is -0.443. The van der Waals surface area contributed by atoms with Crippen molar-refractivity contribution in [1.29, 1.82) is 0 Å². The van der Waals surface area contributed by atoms with Gasteiger partial charge in [-0.05, 0) is 22.3 Å². The maximum absolute atomic E-state index is 12.1. The second-order valence-corrected chi connectivity index (χ2v) is 8.31. The zero-order valence-corrected chi connectivity index (χ0v) is 21.7. The van der Waals surface area contributed by atoms with Crippen LogP contribution < -0.4 is 5.32 Å². The van der Waals surface area contributed by atoms with E-state index in [1.807, 2.05) is 24.3 Å². The Morgan fingerprint density at radius 2 is 1.08 bits per heavy atom. The number of fused-ring (bicyclic) bond motifs is 3. The molecular formula is C28H39NO8. The van der Waals surface area contributed by atoms with Gasteiger partial charge in [0.05, 0.1) is 72.7 Å². The summed E-state index contributed by atoms with van der Waals surface area (Å²) >= 11 is 0. The van der Waals surface area contributed by atoms with E-state index in [0.29, 0.717) is 85.8 Å². The van der Waals surface area contributed by atoms with Gasteiger partial charge in [0.15, 0.2) is 0 Å². The smallest absolute Gasteiger partial charge is 0.407 e. The lowest BCUT2D eigenvalue weighted by Crippen LogP contribution is -2.29. The average Bonchev–Trinajstić information content (AvgIpc) is 3.25. The van der Waals surface area contributed by atoms with Crippen LogP contribution in [0.4, 0.5) is 4.79 Å². The number of nitrogens with one attached hydrogen (secondary N) is 1. The fourth-order valence-electron chi connectivity index (χ4n) is 4.00. The Morgan fingerprint density at radius 3 is 1.57 bits per heavy atom. The fraction of sp³-hybridized carbons (Fsp3) is 0.536. The highest BCUT2D eigenvalue weighted by Gasteiger charge is 2.28. The van der Waals surface area contributed by atoms with Gasteiger partial charge in [-0.15, -0.1) is 0 Å². The molecule has 9 nitrogen and oxygen atoms in total. The molecule has 0 saturated heterocycles. The number of hydrogen-bond acceptors (Lipinski definition) is 8. The largest absolute Gasteiger partial charge is 0.449 e. The third-order valence-corrected chi connectivity index (χ3v) is 5.78. The average molecular weight is 518 g/mol. The van der Waals surface area contributed by atoms with E-state index in [1.54, 1.807) is 7.11 Å². The van der Waals surface area contributed by atoms with Gasteiger partial charge in [-0.2, -0.15) is 0 Å². The number of alkyl carbamates (subject to hydrolysis) is 1. The topological polar surface area (TPSA) is 93.7 Å². The van der Waals surface area contributed by atoms with Gasteiger partial charge in [-0.1, -0.05) is 48.5 Å². The minimum atomic E-state index is -0.443. The van der Waals surface area contributed by atoms with Crippen molar-refractivity contribution in [3.05, 3.63) is 59.7 Å². The van der Waals surface area contributed by atoms with Crippen molar-refractivity contribution in [2.45, 2.75) is 5.92 Å². The van der Waals surface area contributed by atoms with Crippen LogP contribution in [-0.2, 0) is 33.2 Å². The molecule has 0 bridgehead atoms. The molecule has 3 rings (SSSR count). The third-order valence-electron chi connectivity index (χ3n) is 5.78. The maximum Gasteiger partial charge on any atom is 0.407 e. The van der Waals surface area contributed by atoms with Crippen molar-refractivity contribution in [2.24, 2.45) is 0 Å². The normalized spacial score (nSPS) is 12.4. The van der Waals surface area contributed by atoms with Crippen LogP contribution in [-0.4, -0.2) is 99.0 Å². The van der Waals surface area contributed by atoms with Crippen LogP contribution in [0, 0.1) is 0 Å². The number of rotatable bonds is 20. The van der Waals surface area contributed by atoms with E-state index in [1.165, 1.54) is 22.3 Å². The summed E-state index contributed by atoms with van der Waals surface area (Å²) in [5.74, 6) is 0.0499. The number of ether oxygens (including phenoxy) is 7. The number of benzene rings is 2. The monoisotopic (exact) mass is 517 g/mol. The molecular weight excluding hydrogens is 478 g/mol. The summed E-state index contributed by atoms with van der Waals surface area (Å²) in [5.41, 5.74) is 4.80. The molecule has 9 heteroatoms. The van der Waals surface area contributed by atoms with Crippen molar-refractivity contribution < 1.29 is 38.0 Å². The molecule has 1 aliphatic carbocycles. The third kappa shape index (κ3) is 10.4. The van der Waals surface area contributed by atoms with Gasteiger partial charge in [0.25, 0.3) is 0 Å². The lowest BCUT2D eigenvalue weighted by Gasteiger charge is -2.14. The summed E-state index contributed by atoms with van der Waals surface area (Å²) in [4.78, 5) is 12.1. The summed E-state index contributed by atoms with van der Waals surface area (Å²) in [6, 6.07) is 16.5. The molecule has 1 N–H and O–H groups in total. The minimum Gasteiger partial charge on any atom is -0.449 e. The fourth-order valence-corrected chi connectivity index (χ4v) is 4.00. The van der Waals surface area contributed by atoms with Crippen LogP contribution in [0.5, 0.6) is 0 Å².